The van der Waals surface area contributed by atoms with Gasteiger partial charge >= 0.3 is 6.03 Å². The highest BCUT2D eigenvalue weighted by atomic mass is 35.5. The molecule has 0 saturated carbocycles. The first-order valence-electron chi connectivity index (χ1n) is 8.17. The first kappa shape index (κ1) is 17.2. The number of hydrogen-bond donors (Lipinski definition) is 2. The van der Waals surface area contributed by atoms with E-state index in [1.807, 2.05) is 49.6 Å². The average molecular weight is 358 g/mol. The van der Waals surface area contributed by atoms with Gasteiger partial charge in [0.15, 0.2) is 5.65 Å². The fraction of sp³-hybridized carbons (Fsp3) is 0.278. The standard InChI is InChI=1S/C18H20ClN5O/c1-13-9-17-21-11-15(12-24(17)23-13)3-2-8-20-18(25)22-10-14-4-6-16(19)7-5-14/h4-7,9,11-12H,2-3,8,10H2,1H3,(H2,20,22,25). The van der Waals surface area contributed by atoms with Gasteiger partial charge < -0.3 is 10.6 Å². The Morgan fingerprint density at radius 1 is 1.20 bits per heavy atom. The van der Waals surface area contributed by atoms with Crippen molar-refractivity contribution in [2.75, 3.05) is 6.54 Å². The highest BCUT2D eigenvalue weighted by Gasteiger charge is 2.03. The number of hydrogen-bond acceptors (Lipinski definition) is 3. The van der Waals surface area contributed by atoms with Crippen molar-refractivity contribution in [1.82, 2.24) is 25.2 Å². The summed E-state index contributed by atoms with van der Waals surface area (Å²) in [7, 11) is 0. The van der Waals surface area contributed by atoms with E-state index in [9.17, 15) is 4.79 Å². The predicted molar refractivity (Wildman–Crippen MR) is 97.7 cm³/mol. The minimum absolute atomic E-state index is 0.175. The molecular formula is C18H20ClN5O. The van der Waals surface area contributed by atoms with Crippen LogP contribution >= 0.6 is 11.6 Å². The Kier molecular flexibility index (Phi) is 5.50. The Morgan fingerprint density at radius 2 is 2.00 bits per heavy atom. The summed E-state index contributed by atoms with van der Waals surface area (Å²) in [4.78, 5) is 16.2. The minimum Gasteiger partial charge on any atom is -0.338 e. The zero-order valence-electron chi connectivity index (χ0n) is 14.0. The Balaban J connectivity index is 1.38. The van der Waals surface area contributed by atoms with Crippen LogP contribution in [0.2, 0.25) is 5.02 Å². The maximum Gasteiger partial charge on any atom is 0.315 e. The number of nitrogens with one attached hydrogen (secondary N) is 2. The van der Waals surface area contributed by atoms with Crippen LogP contribution < -0.4 is 10.6 Å². The lowest BCUT2D eigenvalue weighted by Gasteiger charge is -2.08. The van der Waals surface area contributed by atoms with Crippen molar-refractivity contribution in [2.45, 2.75) is 26.3 Å². The van der Waals surface area contributed by atoms with Crippen LogP contribution in [0.3, 0.4) is 0 Å². The molecule has 0 fully saturated rings. The van der Waals surface area contributed by atoms with Crippen LogP contribution in [0.1, 0.15) is 23.2 Å². The highest BCUT2D eigenvalue weighted by Crippen LogP contribution is 2.09. The fourth-order valence-electron chi connectivity index (χ4n) is 2.50. The average Bonchev–Trinajstić information content (AvgIpc) is 2.97. The maximum absolute atomic E-state index is 11.8. The van der Waals surface area contributed by atoms with E-state index in [1.54, 1.807) is 4.52 Å². The molecule has 3 aromatic rings. The normalized spacial score (nSPS) is 10.8. The molecule has 0 bridgehead atoms. The number of urea groups is 1. The summed E-state index contributed by atoms with van der Waals surface area (Å²) in [5.74, 6) is 0. The van der Waals surface area contributed by atoms with Crippen molar-refractivity contribution in [1.29, 1.82) is 0 Å². The van der Waals surface area contributed by atoms with Gasteiger partial charge in [-0.25, -0.2) is 14.3 Å². The smallest absolute Gasteiger partial charge is 0.315 e. The van der Waals surface area contributed by atoms with Crippen LogP contribution in [-0.4, -0.2) is 27.2 Å². The molecule has 2 N–H and O–H groups in total. The summed E-state index contributed by atoms with van der Waals surface area (Å²) >= 11 is 5.83. The maximum atomic E-state index is 11.8. The van der Waals surface area contributed by atoms with Crippen LogP contribution in [0.5, 0.6) is 0 Å². The SMILES string of the molecule is Cc1cc2ncc(CCCNC(=O)NCc3ccc(Cl)cc3)cn2n1. The summed E-state index contributed by atoms with van der Waals surface area (Å²) in [6.07, 6.45) is 5.51. The summed E-state index contributed by atoms with van der Waals surface area (Å²) < 4.78 is 1.79. The van der Waals surface area contributed by atoms with E-state index in [0.29, 0.717) is 18.1 Å². The van der Waals surface area contributed by atoms with E-state index in [0.717, 1.165) is 35.3 Å². The third-order valence-corrected chi connectivity index (χ3v) is 4.04. The molecule has 1 aromatic carbocycles. The number of amides is 2. The number of benzene rings is 1. The third kappa shape index (κ3) is 4.93. The molecule has 3 rings (SSSR count). The van der Waals surface area contributed by atoms with Gasteiger partial charge in [-0.15, -0.1) is 0 Å². The zero-order chi connectivity index (χ0) is 17.6. The molecule has 0 aliphatic heterocycles. The van der Waals surface area contributed by atoms with E-state index >= 15 is 0 Å². The quantitative estimate of drug-likeness (QED) is 0.666. The number of aryl methyl sites for hydroxylation is 2. The summed E-state index contributed by atoms with van der Waals surface area (Å²) in [6.45, 7) is 3.02. The molecular weight excluding hydrogens is 338 g/mol. The number of carbonyl (C=O) groups is 1. The molecule has 0 aliphatic carbocycles. The van der Waals surface area contributed by atoms with E-state index in [4.69, 9.17) is 11.6 Å². The molecule has 0 radical (unpaired) electrons. The Bertz CT molecular complexity index is 860. The van der Waals surface area contributed by atoms with E-state index in [1.165, 1.54) is 0 Å². The van der Waals surface area contributed by atoms with E-state index in [2.05, 4.69) is 20.7 Å². The predicted octanol–water partition coefficient (Wildman–Crippen LogP) is 3.12. The molecule has 0 saturated heterocycles. The molecule has 2 heterocycles. The van der Waals surface area contributed by atoms with Crippen LogP contribution in [0, 0.1) is 6.92 Å². The second-order valence-electron chi connectivity index (χ2n) is 5.89. The van der Waals surface area contributed by atoms with Crippen molar-refractivity contribution in [3.05, 3.63) is 64.6 Å². The van der Waals surface area contributed by atoms with Gasteiger partial charge in [0.05, 0.1) is 5.69 Å². The van der Waals surface area contributed by atoms with Gasteiger partial charge in [0.2, 0.25) is 0 Å². The van der Waals surface area contributed by atoms with Crippen LogP contribution in [0.25, 0.3) is 5.65 Å². The Labute approximate surface area is 151 Å². The number of halogens is 1. The van der Waals surface area contributed by atoms with Gasteiger partial charge in [-0.2, -0.15) is 5.10 Å². The van der Waals surface area contributed by atoms with Crippen molar-refractivity contribution in [2.24, 2.45) is 0 Å². The molecule has 0 atom stereocenters. The lowest BCUT2D eigenvalue weighted by Crippen LogP contribution is -2.35. The van der Waals surface area contributed by atoms with Crippen molar-refractivity contribution >= 4 is 23.3 Å². The molecule has 2 amide bonds. The second-order valence-corrected chi connectivity index (χ2v) is 6.33. The first-order chi connectivity index (χ1) is 12.1. The van der Waals surface area contributed by atoms with Crippen molar-refractivity contribution in [3.63, 3.8) is 0 Å². The molecule has 6 nitrogen and oxygen atoms in total. The Hall–Kier alpha value is -2.60. The first-order valence-corrected chi connectivity index (χ1v) is 8.55. The highest BCUT2D eigenvalue weighted by molar-refractivity contribution is 6.30. The fourth-order valence-corrected chi connectivity index (χ4v) is 2.63. The number of aromatic nitrogens is 3. The van der Waals surface area contributed by atoms with Gasteiger partial charge in [0.1, 0.15) is 0 Å². The summed E-state index contributed by atoms with van der Waals surface area (Å²) in [5, 5.41) is 10.7. The number of fused-ring (bicyclic) bond motifs is 1. The second kappa shape index (κ2) is 7.98. The zero-order valence-corrected chi connectivity index (χ0v) is 14.8. The monoisotopic (exact) mass is 357 g/mol. The van der Waals surface area contributed by atoms with Crippen LogP contribution in [0.4, 0.5) is 4.79 Å². The lowest BCUT2D eigenvalue weighted by molar-refractivity contribution is 0.240. The lowest BCUT2D eigenvalue weighted by atomic mass is 10.2. The number of rotatable bonds is 6. The molecule has 0 spiro atoms. The molecule has 130 valence electrons. The summed E-state index contributed by atoms with van der Waals surface area (Å²) in [6, 6.07) is 9.17. The van der Waals surface area contributed by atoms with Crippen LogP contribution in [0.15, 0.2) is 42.7 Å². The van der Waals surface area contributed by atoms with Gasteiger partial charge in [-0.1, -0.05) is 23.7 Å². The number of carbonyl (C=O) groups excluding carboxylic acids is 1. The molecule has 0 aliphatic rings. The topological polar surface area (TPSA) is 71.3 Å². The van der Waals surface area contributed by atoms with Crippen molar-refractivity contribution < 1.29 is 4.79 Å². The van der Waals surface area contributed by atoms with Crippen molar-refractivity contribution in [3.8, 4) is 0 Å². The van der Waals surface area contributed by atoms with Gasteiger partial charge in [0.25, 0.3) is 0 Å². The molecule has 0 unspecified atom stereocenters. The van der Waals surface area contributed by atoms with E-state index in [-0.39, 0.29) is 6.03 Å². The number of nitrogens with zero attached hydrogens (tertiary/aromatic N) is 3. The van der Waals surface area contributed by atoms with E-state index < -0.39 is 0 Å². The van der Waals surface area contributed by atoms with Gasteiger partial charge in [-0.3, -0.25) is 0 Å². The molecule has 2 aromatic heterocycles. The van der Waals surface area contributed by atoms with Crippen LogP contribution in [-0.2, 0) is 13.0 Å². The summed E-state index contributed by atoms with van der Waals surface area (Å²) in [5.41, 5.74) is 3.90. The largest absolute Gasteiger partial charge is 0.338 e. The molecule has 25 heavy (non-hydrogen) atoms. The van der Waals surface area contributed by atoms with Gasteiger partial charge in [-0.05, 0) is 43.0 Å². The van der Waals surface area contributed by atoms with Gasteiger partial charge in [0, 0.05) is 36.6 Å². The molecule has 7 heteroatoms. The Morgan fingerprint density at radius 3 is 2.80 bits per heavy atom. The minimum atomic E-state index is -0.175. The third-order valence-electron chi connectivity index (χ3n) is 3.78.